The lowest BCUT2D eigenvalue weighted by atomic mass is 9.85. The molecule has 18 heavy (non-hydrogen) atoms. The molecule has 2 aromatic rings. The van der Waals surface area contributed by atoms with E-state index in [2.05, 4.69) is 38.2 Å². The Hall–Kier alpha value is -0.990. The van der Waals surface area contributed by atoms with Crippen LogP contribution in [0.1, 0.15) is 38.1 Å². The average Bonchev–Trinajstić information content (AvgIpc) is 2.59. The Morgan fingerprint density at radius 1 is 1.22 bits per heavy atom. The molecule has 1 heterocycles. The van der Waals surface area contributed by atoms with E-state index in [1.54, 1.807) is 0 Å². The van der Waals surface area contributed by atoms with Crippen LogP contribution in [0.2, 0.25) is 5.02 Å². The van der Waals surface area contributed by atoms with Crippen molar-refractivity contribution in [3.8, 4) is 0 Å². The lowest BCUT2D eigenvalue weighted by Crippen LogP contribution is -2.29. The Balaban J connectivity index is 2.56. The molecule has 0 saturated carbocycles. The van der Waals surface area contributed by atoms with Crippen LogP contribution >= 0.6 is 11.6 Å². The molecule has 98 valence electrons. The summed E-state index contributed by atoms with van der Waals surface area (Å²) in [6.07, 6.45) is 0. The minimum atomic E-state index is 0.0874. The lowest BCUT2D eigenvalue weighted by Gasteiger charge is -2.28. The standard InChI is InChI=1S/C15H20ClNO/c1-9-6-10-8-12(14(17-5)15(2,3)4)18-13(10)11(16)7-9/h6-8,14,17H,1-5H3. The lowest BCUT2D eigenvalue weighted by molar-refractivity contribution is 0.253. The van der Waals surface area contributed by atoms with E-state index in [0.717, 1.165) is 22.3 Å². The van der Waals surface area contributed by atoms with Crippen molar-refractivity contribution in [2.45, 2.75) is 33.7 Å². The molecule has 1 aromatic carbocycles. The quantitative estimate of drug-likeness (QED) is 0.851. The number of hydrogen-bond donors (Lipinski definition) is 1. The van der Waals surface area contributed by atoms with E-state index in [0.29, 0.717) is 5.02 Å². The molecular weight excluding hydrogens is 246 g/mol. The molecule has 0 amide bonds. The molecule has 2 nitrogen and oxygen atoms in total. The first kappa shape index (κ1) is 13.4. The summed E-state index contributed by atoms with van der Waals surface area (Å²) >= 11 is 6.22. The van der Waals surface area contributed by atoms with Crippen molar-refractivity contribution in [1.29, 1.82) is 0 Å². The second-order valence-electron chi connectivity index (χ2n) is 5.90. The summed E-state index contributed by atoms with van der Waals surface area (Å²) in [5.41, 5.74) is 2.02. The first-order chi connectivity index (χ1) is 8.32. The zero-order valence-electron chi connectivity index (χ0n) is 11.6. The maximum atomic E-state index is 6.22. The third kappa shape index (κ3) is 2.40. The van der Waals surface area contributed by atoms with Crippen LogP contribution < -0.4 is 5.32 Å². The number of rotatable bonds is 2. The van der Waals surface area contributed by atoms with Gasteiger partial charge in [-0.2, -0.15) is 0 Å². The molecular formula is C15H20ClNO. The molecule has 3 heteroatoms. The summed E-state index contributed by atoms with van der Waals surface area (Å²) in [4.78, 5) is 0. The van der Waals surface area contributed by atoms with E-state index in [4.69, 9.17) is 16.0 Å². The van der Waals surface area contributed by atoms with Crippen molar-refractivity contribution in [3.05, 3.63) is 34.5 Å². The highest BCUT2D eigenvalue weighted by molar-refractivity contribution is 6.34. The van der Waals surface area contributed by atoms with Gasteiger partial charge in [-0.15, -0.1) is 0 Å². The highest BCUT2D eigenvalue weighted by Crippen LogP contribution is 2.37. The summed E-state index contributed by atoms with van der Waals surface area (Å²) in [5.74, 6) is 0.938. The molecule has 1 unspecified atom stereocenters. The van der Waals surface area contributed by atoms with Crippen molar-refractivity contribution in [1.82, 2.24) is 5.32 Å². The van der Waals surface area contributed by atoms with Crippen LogP contribution in [0.25, 0.3) is 11.0 Å². The first-order valence-corrected chi connectivity index (χ1v) is 6.57. The number of benzene rings is 1. The molecule has 0 aliphatic heterocycles. The van der Waals surface area contributed by atoms with Crippen molar-refractivity contribution in [2.24, 2.45) is 5.41 Å². The van der Waals surface area contributed by atoms with Gasteiger partial charge in [-0.1, -0.05) is 32.4 Å². The normalized spacial score (nSPS) is 14.1. The summed E-state index contributed by atoms with van der Waals surface area (Å²) in [5, 5.41) is 5.07. The topological polar surface area (TPSA) is 25.2 Å². The van der Waals surface area contributed by atoms with E-state index in [1.807, 2.05) is 20.0 Å². The molecule has 0 aliphatic rings. The van der Waals surface area contributed by atoms with Gasteiger partial charge in [-0.3, -0.25) is 0 Å². The SMILES string of the molecule is CNC(c1cc2cc(C)cc(Cl)c2o1)C(C)(C)C. The van der Waals surface area contributed by atoms with Crippen LogP contribution in [0.3, 0.4) is 0 Å². The molecule has 1 aromatic heterocycles. The number of fused-ring (bicyclic) bond motifs is 1. The van der Waals surface area contributed by atoms with Crippen molar-refractivity contribution >= 4 is 22.6 Å². The van der Waals surface area contributed by atoms with Gasteiger partial charge in [0.15, 0.2) is 5.58 Å². The smallest absolute Gasteiger partial charge is 0.152 e. The molecule has 0 aliphatic carbocycles. The molecule has 0 spiro atoms. The number of furan rings is 1. The van der Waals surface area contributed by atoms with Gasteiger partial charge in [-0.05, 0) is 43.1 Å². The average molecular weight is 266 g/mol. The minimum absolute atomic E-state index is 0.0874. The molecule has 1 atom stereocenters. The second-order valence-corrected chi connectivity index (χ2v) is 6.31. The van der Waals surface area contributed by atoms with Gasteiger partial charge in [-0.25, -0.2) is 0 Å². The van der Waals surface area contributed by atoms with Crippen molar-refractivity contribution in [3.63, 3.8) is 0 Å². The maximum Gasteiger partial charge on any atom is 0.152 e. The van der Waals surface area contributed by atoms with Crippen LogP contribution in [0.4, 0.5) is 0 Å². The Bertz CT molecular complexity index is 566. The van der Waals surface area contributed by atoms with Gasteiger partial charge in [0, 0.05) is 5.39 Å². The number of nitrogens with one attached hydrogen (secondary N) is 1. The molecule has 0 radical (unpaired) electrons. The van der Waals surface area contributed by atoms with Crippen molar-refractivity contribution < 1.29 is 4.42 Å². The van der Waals surface area contributed by atoms with Gasteiger partial charge >= 0.3 is 0 Å². The van der Waals surface area contributed by atoms with Crippen LogP contribution in [0.5, 0.6) is 0 Å². The van der Waals surface area contributed by atoms with Gasteiger partial charge in [0.25, 0.3) is 0 Å². The Morgan fingerprint density at radius 3 is 2.44 bits per heavy atom. The molecule has 0 bridgehead atoms. The third-order valence-corrected chi connectivity index (χ3v) is 3.45. The highest BCUT2D eigenvalue weighted by Gasteiger charge is 2.28. The summed E-state index contributed by atoms with van der Waals surface area (Å²) in [6.45, 7) is 8.61. The predicted octanol–water partition coefficient (Wildman–Crippen LogP) is 4.70. The van der Waals surface area contributed by atoms with E-state index in [1.165, 1.54) is 0 Å². The Kier molecular flexibility index (Phi) is 3.43. The van der Waals surface area contributed by atoms with E-state index < -0.39 is 0 Å². The second kappa shape index (κ2) is 4.60. The van der Waals surface area contributed by atoms with Crippen LogP contribution in [0, 0.1) is 12.3 Å². The number of aryl methyl sites for hydroxylation is 1. The molecule has 1 N–H and O–H groups in total. The Labute approximate surface area is 113 Å². The van der Waals surface area contributed by atoms with E-state index in [9.17, 15) is 0 Å². The summed E-state index contributed by atoms with van der Waals surface area (Å²) < 4.78 is 5.94. The van der Waals surface area contributed by atoms with Crippen LogP contribution in [-0.4, -0.2) is 7.05 Å². The van der Waals surface area contributed by atoms with Gasteiger partial charge in [0.2, 0.25) is 0 Å². The third-order valence-electron chi connectivity index (χ3n) is 3.17. The van der Waals surface area contributed by atoms with E-state index >= 15 is 0 Å². The van der Waals surface area contributed by atoms with Gasteiger partial charge < -0.3 is 9.73 Å². The fraction of sp³-hybridized carbons (Fsp3) is 0.467. The maximum absolute atomic E-state index is 6.22. The zero-order valence-corrected chi connectivity index (χ0v) is 12.4. The van der Waals surface area contributed by atoms with E-state index in [-0.39, 0.29) is 11.5 Å². The van der Waals surface area contributed by atoms with Gasteiger partial charge in [0.05, 0.1) is 11.1 Å². The summed E-state index contributed by atoms with van der Waals surface area (Å²) in [6, 6.07) is 6.29. The highest BCUT2D eigenvalue weighted by atomic mass is 35.5. The number of hydrogen-bond acceptors (Lipinski definition) is 2. The monoisotopic (exact) mass is 265 g/mol. The minimum Gasteiger partial charge on any atom is -0.458 e. The summed E-state index contributed by atoms with van der Waals surface area (Å²) in [7, 11) is 1.95. The van der Waals surface area contributed by atoms with Gasteiger partial charge in [0.1, 0.15) is 5.76 Å². The zero-order chi connectivity index (χ0) is 13.5. The number of halogens is 1. The largest absolute Gasteiger partial charge is 0.458 e. The predicted molar refractivity (Wildman–Crippen MR) is 77.2 cm³/mol. The van der Waals surface area contributed by atoms with Crippen LogP contribution in [-0.2, 0) is 0 Å². The fourth-order valence-corrected chi connectivity index (χ4v) is 2.74. The molecule has 2 rings (SSSR count). The molecule has 0 fully saturated rings. The first-order valence-electron chi connectivity index (χ1n) is 6.20. The Morgan fingerprint density at radius 2 is 1.89 bits per heavy atom. The van der Waals surface area contributed by atoms with Crippen molar-refractivity contribution in [2.75, 3.05) is 7.05 Å². The fourth-order valence-electron chi connectivity index (χ4n) is 2.42. The molecule has 0 saturated heterocycles. The van der Waals surface area contributed by atoms with Crippen LogP contribution in [0.15, 0.2) is 22.6 Å².